The minimum atomic E-state index is -0.805. The van der Waals surface area contributed by atoms with Gasteiger partial charge in [0.2, 0.25) is 5.88 Å². The van der Waals surface area contributed by atoms with Crippen LogP contribution in [-0.2, 0) is 0 Å². The largest absolute Gasteiger partial charge is 0.494 e. The van der Waals surface area contributed by atoms with Crippen LogP contribution in [0.2, 0.25) is 0 Å². The molecule has 1 aromatic heterocycles. The Labute approximate surface area is 179 Å². The molecule has 1 aromatic carbocycles. The van der Waals surface area contributed by atoms with Crippen molar-refractivity contribution in [2.45, 2.75) is 20.3 Å². The van der Waals surface area contributed by atoms with Crippen LogP contribution in [0.5, 0.6) is 5.88 Å². The molecule has 0 saturated heterocycles. The maximum atomic E-state index is 12.3. The Morgan fingerprint density at radius 1 is 1.19 bits per heavy atom. The summed E-state index contributed by atoms with van der Waals surface area (Å²) in [6.45, 7) is 8.36. The molecule has 1 aliphatic heterocycles. The number of nitriles is 1. The maximum absolute atomic E-state index is 12.3. The van der Waals surface area contributed by atoms with Gasteiger partial charge in [-0.2, -0.15) is 5.26 Å². The van der Waals surface area contributed by atoms with E-state index in [-0.39, 0.29) is 11.3 Å². The van der Waals surface area contributed by atoms with E-state index in [4.69, 9.17) is 0 Å². The number of aromatic hydroxyl groups is 1. The molecule has 31 heavy (non-hydrogen) atoms. The summed E-state index contributed by atoms with van der Waals surface area (Å²) < 4.78 is 0. The Morgan fingerprint density at radius 2 is 1.90 bits per heavy atom. The first-order valence-electron chi connectivity index (χ1n) is 10.3. The van der Waals surface area contributed by atoms with Crippen molar-refractivity contribution < 1.29 is 5.11 Å². The van der Waals surface area contributed by atoms with Crippen LogP contribution < -0.4 is 16.6 Å². The van der Waals surface area contributed by atoms with Gasteiger partial charge in [-0.1, -0.05) is 38.1 Å². The first kappa shape index (κ1) is 22.2. The second kappa shape index (κ2) is 10.0. The minimum Gasteiger partial charge on any atom is -0.494 e. The van der Waals surface area contributed by atoms with Crippen LogP contribution in [0, 0.1) is 11.3 Å². The maximum Gasteiger partial charge on any atom is 0.328 e. The first-order valence-corrected chi connectivity index (χ1v) is 10.3. The second-order valence-corrected chi connectivity index (χ2v) is 7.13. The van der Waals surface area contributed by atoms with Crippen molar-refractivity contribution in [1.29, 1.82) is 5.26 Å². The van der Waals surface area contributed by atoms with E-state index in [0.717, 1.165) is 32.6 Å². The van der Waals surface area contributed by atoms with Crippen molar-refractivity contribution in [3.05, 3.63) is 67.4 Å². The van der Waals surface area contributed by atoms with E-state index in [1.807, 2.05) is 12.1 Å². The standard InChI is InChI=1S/C22H26N6O3/c1-3-28(4-2)11-7-10-24-13-14(12-23)18-15-8-5-6-9-16(15)19(25-18)17-20(29)26-22(31)27-21(17)30/h5-6,8-9,24H,3-4,7,10-11,13H2,1-2H3,(H3,26,27,29,30,31)/b18-14-. The Bertz CT molecular complexity index is 1160. The fraction of sp³-hybridized carbons (Fsp3) is 0.364. The molecule has 0 bridgehead atoms. The van der Waals surface area contributed by atoms with Gasteiger partial charge >= 0.3 is 5.69 Å². The highest BCUT2D eigenvalue weighted by Crippen LogP contribution is 2.33. The first-order chi connectivity index (χ1) is 15.0. The van der Waals surface area contributed by atoms with Crippen molar-refractivity contribution in [1.82, 2.24) is 20.2 Å². The molecule has 0 unspecified atom stereocenters. The number of benzene rings is 1. The lowest BCUT2D eigenvalue weighted by Crippen LogP contribution is -2.28. The Balaban J connectivity index is 1.89. The van der Waals surface area contributed by atoms with Gasteiger partial charge in [0.1, 0.15) is 5.56 Å². The summed E-state index contributed by atoms with van der Waals surface area (Å²) in [6.07, 6.45) is 0.960. The summed E-state index contributed by atoms with van der Waals surface area (Å²) in [7, 11) is 0. The highest BCUT2D eigenvalue weighted by atomic mass is 16.3. The number of aliphatic imine (C=N–C) groups is 1. The zero-order valence-electron chi connectivity index (χ0n) is 17.7. The molecule has 1 aliphatic rings. The van der Waals surface area contributed by atoms with E-state index in [9.17, 15) is 20.0 Å². The molecular formula is C22H26N6O3. The number of nitrogens with one attached hydrogen (secondary N) is 3. The number of hydrogen-bond acceptors (Lipinski definition) is 7. The van der Waals surface area contributed by atoms with Crippen molar-refractivity contribution in [3.63, 3.8) is 0 Å². The van der Waals surface area contributed by atoms with Crippen LogP contribution in [-0.4, -0.2) is 58.4 Å². The fourth-order valence-corrected chi connectivity index (χ4v) is 3.60. The third kappa shape index (κ3) is 4.82. The van der Waals surface area contributed by atoms with Crippen molar-refractivity contribution in [3.8, 4) is 11.9 Å². The zero-order chi connectivity index (χ0) is 22.4. The van der Waals surface area contributed by atoms with E-state index in [2.05, 4.69) is 45.1 Å². The quantitative estimate of drug-likeness (QED) is 0.354. The summed E-state index contributed by atoms with van der Waals surface area (Å²) in [5, 5.41) is 23.2. The predicted molar refractivity (Wildman–Crippen MR) is 119 cm³/mol. The molecular weight excluding hydrogens is 396 g/mol. The molecule has 0 radical (unpaired) electrons. The molecule has 0 spiro atoms. The number of H-pyrrole nitrogens is 2. The minimum absolute atomic E-state index is 0.133. The Morgan fingerprint density at radius 3 is 2.55 bits per heavy atom. The topological polar surface area (TPSA) is 137 Å². The number of fused-ring (bicyclic) bond motifs is 1. The summed E-state index contributed by atoms with van der Waals surface area (Å²) in [5.74, 6) is -0.559. The average molecular weight is 422 g/mol. The van der Waals surface area contributed by atoms with Gasteiger partial charge in [0, 0.05) is 17.7 Å². The monoisotopic (exact) mass is 422 g/mol. The lowest BCUT2D eigenvalue weighted by atomic mass is 9.99. The molecule has 2 aromatic rings. The lowest BCUT2D eigenvalue weighted by Gasteiger charge is -2.17. The predicted octanol–water partition coefficient (Wildman–Crippen LogP) is 1.18. The summed E-state index contributed by atoms with van der Waals surface area (Å²) >= 11 is 0. The Hall–Kier alpha value is -3.48. The van der Waals surface area contributed by atoms with Crippen LogP contribution in [0.15, 0.2) is 44.4 Å². The molecule has 4 N–H and O–H groups in total. The second-order valence-electron chi connectivity index (χ2n) is 7.13. The molecule has 9 nitrogen and oxygen atoms in total. The Kier molecular flexibility index (Phi) is 7.18. The normalized spacial score (nSPS) is 14.3. The van der Waals surface area contributed by atoms with Crippen molar-refractivity contribution in [2.24, 2.45) is 4.99 Å². The van der Waals surface area contributed by atoms with Gasteiger partial charge in [0.15, 0.2) is 0 Å². The zero-order valence-corrected chi connectivity index (χ0v) is 17.7. The van der Waals surface area contributed by atoms with E-state index >= 15 is 0 Å². The smallest absolute Gasteiger partial charge is 0.328 e. The van der Waals surface area contributed by atoms with Crippen molar-refractivity contribution in [2.75, 3.05) is 32.7 Å². The third-order valence-corrected chi connectivity index (χ3v) is 5.27. The highest BCUT2D eigenvalue weighted by Gasteiger charge is 2.28. The van der Waals surface area contributed by atoms with Crippen LogP contribution in [0.25, 0.3) is 5.70 Å². The van der Waals surface area contributed by atoms with Crippen LogP contribution in [0.1, 0.15) is 37.0 Å². The third-order valence-electron chi connectivity index (χ3n) is 5.27. The van der Waals surface area contributed by atoms with Gasteiger partial charge < -0.3 is 15.3 Å². The molecule has 3 rings (SSSR count). The van der Waals surface area contributed by atoms with E-state index in [1.54, 1.807) is 12.1 Å². The van der Waals surface area contributed by atoms with Gasteiger partial charge in [0.25, 0.3) is 5.56 Å². The molecule has 162 valence electrons. The number of hydrogen-bond donors (Lipinski definition) is 4. The van der Waals surface area contributed by atoms with E-state index < -0.39 is 17.1 Å². The van der Waals surface area contributed by atoms with Crippen LogP contribution in [0.4, 0.5) is 0 Å². The molecule has 0 aliphatic carbocycles. The van der Waals surface area contributed by atoms with Gasteiger partial charge in [-0.3, -0.25) is 14.8 Å². The van der Waals surface area contributed by atoms with Gasteiger partial charge in [0.05, 0.1) is 23.1 Å². The molecule has 0 fully saturated rings. The lowest BCUT2D eigenvalue weighted by molar-refractivity contribution is 0.298. The van der Waals surface area contributed by atoms with Crippen LogP contribution in [0.3, 0.4) is 0 Å². The fourth-order valence-electron chi connectivity index (χ4n) is 3.60. The molecule has 0 saturated carbocycles. The molecule has 0 amide bonds. The van der Waals surface area contributed by atoms with E-state index in [1.165, 1.54) is 0 Å². The number of nitrogens with zero attached hydrogens (tertiary/aromatic N) is 3. The summed E-state index contributed by atoms with van der Waals surface area (Å²) in [5.41, 5.74) is 0.731. The molecule has 9 heteroatoms. The van der Waals surface area contributed by atoms with Crippen molar-refractivity contribution >= 4 is 11.4 Å². The highest BCUT2D eigenvalue weighted by molar-refractivity contribution is 6.21. The van der Waals surface area contributed by atoms with Crippen LogP contribution >= 0.6 is 0 Å². The van der Waals surface area contributed by atoms with E-state index in [0.29, 0.717) is 28.9 Å². The number of aromatic nitrogens is 2. The molecule has 0 atom stereocenters. The number of aromatic amines is 2. The van der Waals surface area contributed by atoms with Gasteiger partial charge in [-0.25, -0.2) is 9.79 Å². The summed E-state index contributed by atoms with van der Waals surface area (Å²) in [4.78, 5) is 34.9. The molecule has 2 heterocycles. The van der Waals surface area contributed by atoms with Gasteiger partial charge in [-0.15, -0.1) is 0 Å². The SMILES string of the molecule is CCN(CC)CCCNC/C(C#N)=C1\N=C(c2c(O)[nH]c(=O)[nH]c2=O)c2ccccc21. The average Bonchev–Trinajstić information content (AvgIpc) is 3.12. The summed E-state index contributed by atoms with van der Waals surface area (Å²) in [6, 6.07) is 9.39. The number of rotatable bonds is 9. The van der Waals surface area contributed by atoms with Gasteiger partial charge in [-0.05, 0) is 32.6 Å².